The third-order valence-electron chi connectivity index (χ3n) is 3.90. The van der Waals surface area contributed by atoms with E-state index in [1.165, 1.54) is 31.6 Å². The van der Waals surface area contributed by atoms with Crippen molar-refractivity contribution < 1.29 is 4.58 Å². The molecule has 14 heavy (non-hydrogen) atoms. The van der Waals surface area contributed by atoms with Gasteiger partial charge in [-0.2, -0.15) is 0 Å². The van der Waals surface area contributed by atoms with Gasteiger partial charge in [-0.05, 0) is 26.7 Å². The Labute approximate surface area is 85.6 Å². The summed E-state index contributed by atoms with van der Waals surface area (Å²) >= 11 is 0. The SMILES string of the molecule is C[C@@H]1CC2CCC3C[C@@H](C)NC(=[N+]23)N1. The number of nitrogens with zero attached hydrogens (tertiary/aromatic N) is 1. The third-order valence-corrected chi connectivity index (χ3v) is 3.90. The number of hydrogen-bond donors (Lipinski definition) is 2. The van der Waals surface area contributed by atoms with Gasteiger partial charge in [-0.1, -0.05) is 0 Å². The van der Waals surface area contributed by atoms with E-state index in [1.54, 1.807) is 0 Å². The monoisotopic (exact) mass is 194 g/mol. The van der Waals surface area contributed by atoms with E-state index >= 15 is 0 Å². The highest BCUT2D eigenvalue weighted by Crippen LogP contribution is 2.29. The summed E-state index contributed by atoms with van der Waals surface area (Å²) in [5.41, 5.74) is 0. The normalized spacial score (nSPS) is 45.6. The molecule has 0 spiro atoms. The first-order valence-electron chi connectivity index (χ1n) is 5.92. The lowest BCUT2D eigenvalue weighted by atomic mass is 10.1. The van der Waals surface area contributed by atoms with Gasteiger partial charge in [0.15, 0.2) is 0 Å². The fourth-order valence-corrected chi connectivity index (χ4v) is 3.38. The number of rotatable bonds is 0. The molecular formula is C11H20N3+. The first kappa shape index (κ1) is 8.57. The average Bonchev–Trinajstić information content (AvgIpc) is 2.48. The Morgan fingerprint density at radius 3 is 2.00 bits per heavy atom. The second-order valence-electron chi connectivity index (χ2n) is 5.20. The summed E-state index contributed by atoms with van der Waals surface area (Å²) in [5, 5.41) is 7.16. The van der Waals surface area contributed by atoms with E-state index in [-0.39, 0.29) is 0 Å². The standard InChI is InChI=1S/C11H19N3/c1-7-5-9-3-4-10-6-8(2)13-11(12-7)14(9)10/h7-10H,3-6H2,1-2H3,(H,12,13)/p+1/t7-,8-,9?,10?/m1/s1. The van der Waals surface area contributed by atoms with Crippen LogP contribution in [0.1, 0.15) is 39.5 Å². The van der Waals surface area contributed by atoms with Crippen molar-refractivity contribution in [3.8, 4) is 0 Å². The maximum absolute atomic E-state index is 3.58. The molecule has 3 aliphatic heterocycles. The molecule has 2 unspecified atom stereocenters. The fraction of sp³-hybridized carbons (Fsp3) is 0.909. The third kappa shape index (κ3) is 1.14. The van der Waals surface area contributed by atoms with Crippen molar-refractivity contribution in [2.45, 2.75) is 63.7 Å². The summed E-state index contributed by atoms with van der Waals surface area (Å²) in [6.45, 7) is 4.58. The molecular weight excluding hydrogens is 174 g/mol. The van der Waals surface area contributed by atoms with Crippen LogP contribution >= 0.6 is 0 Å². The van der Waals surface area contributed by atoms with Crippen molar-refractivity contribution in [2.75, 3.05) is 0 Å². The van der Waals surface area contributed by atoms with Crippen molar-refractivity contribution in [1.82, 2.24) is 10.6 Å². The molecule has 0 aromatic carbocycles. The minimum atomic E-state index is 0.641. The van der Waals surface area contributed by atoms with E-state index in [1.807, 2.05) is 0 Å². The predicted octanol–water partition coefficient (Wildman–Crippen LogP) is 0.649. The summed E-state index contributed by atoms with van der Waals surface area (Å²) in [6, 6.07) is 2.91. The zero-order valence-electron chi connectivity index (χ0n) is 9.09. The van der Waals surface area contributed by atoms with Crippen LogP contribution in [0.25, 0.3) is 0 Å². The van der Waals surface area contributed by atoms with Crippen LogP contribution in [0.2, 0.25) is 0 Å². The van der Waals surface area contributed by atoms with Crippen molar-refractivity contribution in [3.63, 3.8) is 0 Å². The Morgan fingerprint density at radius 2 is 1.50 bits per heavy atom. The van der Waals surface area contributed by atoms with Crippen LogP contribution in [-0.4, -0.2) is 34.7 Å². The molecule has 4 atom stereocenters. The van der Waals surface area contributed by atoms with Crippen LogP contribution in [-0.2, 0) is 0 Å². The highest BCUT2D eigenvalue weighted by molar-refractivity contribution is 5.76. The summed E-state index contributed by atoms with van der Waals surface area (Å²) in [4.78, 5) is 0. The smallest absolute Gasteiger partial charge is 0.275 e. The predicted molar refractivity (Wildman–Crippen MR) is 56.5 cm³/mol. The summed E-state index contributed by atoms with van der Waals surface area (Å²) < 4.78 is 2.61. The van der Waals surface area contributed by atoms with Crippen LogP contribution in [0.4, 0.5) is 0 Å². The molecule has 3 rings (SSSR count). The van der Waals surface area contributed by atoms with Crippen LogP contribution in [0.5, 0.6) is 0 Å². The highest BCUT2D eigenvalue weighted by Gasteiger charge is 2.43. The molecule has 78 valence electrons. The van der Waals surface area contributed by atoms with Crippen molar-refractivity contribution in [3.05, 3.63) is 0 Å². The molecule has 3 aliphatic rings. The molecule has 3 nitrogen and oxygen atoms in total. The zero-order valence-corrected chi connectivity index (χ0v) is 9.09. The number of nitrogens with one attached hydrogen (secondary N) is 2. The van der Waals surface area contributed by atoms with Gasteiger partial charge in [0.1, 0.15) is 0 Å². The lowest BCUT2D eigenvalue weighted by molar-refractivity contribution is -0.592. The Kier molecular flexibility index (Phi) is 1.76. The second-order valence-corrected chi connectivity index (χ2v) is 5.20. The Morgan fingerprint density at radius 1 is 1.00 bits per heavy atom. The Bertz CT molecular complexity index is 258. The number of hydrogen-bond acceptors (Lipinski definition) is 2. The summed E-state index contributed by atoms with van der Waals surface area (Å²) in [5.74, 6) is 1.31. The molecule has 0 amide bonds. The van der Waals surface area contributed by atoms with Gasteiger partial charge in [0, 0.05) is 12.8 Å². The molecule has 0 radical (unpaired) electrons. The molecule has 0 saturated carbocycles. The van der Waals surface area contributed by atoms with Gasteiger partial charge in [-0.15, -0.1) is 0 Å². The minimum absolute atomic E-state index is 0.641. The first-order valence-corrected chi connectivity index (χ1v) is 5.92. The fourth-order valence-electron chi connectivity index (χ4n) is 3.38. The minimum Gasteiger partial charge on any atom is -0.275 e. The van der Waals surface area contributed by atoms with Crippen LogP contribution < -0.4 is 10.6 Å². The van der Waals surface area contributed by atoms with Gasteiger partial charge < -0.3 is 0 Å². The van der Waals surface area contributed by atoms with E-state index < -0.39 is 0 Å². The van der Waals surface area contributed by atoms with E-state index in [9.17, 15) is 0 Å². The van der Waals surface area contributed by atoms with Crippen molar-refractivity contribution in [1.29, 1.82) is 0 Å². The maximum Gasteiger partial charge on any atom is 0.346 e. The lowest BCUT2D eigenvalue weighted by Crippen LogP contribution is -2.61. The summed E-state index contributed by atoms with van der Waals surface area (Å²) in [7, 11) is 0. The van der Waals surface area contributed by atoms with E-state index in [0.29, 0.717) is 12.1 Å². The summed E-state index contributed by atoms with van der Waals surface area (Å²) in [6.07, 6.45) is 5.43. The van der Waals surface area contributed by atoms with Gasteiger partial charge in [0.2, 0.25) is 0 Å². The first-order chi connectivity index (χ1) is 6.74. The van der Waals surface area contributed by atoms with Crippen molar-refractivity contribution in [2.24, 2.45) is 0 Å². The van der Waals surface area contributed by atoms with Crippen LogP contribution in [0.3, 0.4) is 0 Å². The van der Waals surface area contributed by atoms with E-state index in [2.05, 4.69) is 29.1 Å². The Balaban J connectivity index is 1.97. The topological polar surface area (TPSA) is 27.1 Å². The van der Waals surface area contributed by atoms with Gasteiger partial charge >= 0.3 is 5.96 Å². The zero-order chi connectivity index (χ0) is 9.71. The molecule has 0 bridgehead atoms. The molecule has 3 heteroatoms. The molecule has 2 N–H and O–H groups in total. The molecule has 0 aromatic rings. The largest absolute Gasteiger partial charge is 0.346 e. The molecule has 0 aromatic heterocycles. The lowest BCUT2D eigenvalue weighted by Gasteiger charge is -2.33. The van der Waals surface area contributed by atoms with Crippen LogP contribution in [0.15, 0.2) is 0 Å². The molecule has 1 fully saturated rings. The quantitative estimate of drug-likeness (QED) is 0.554. The maximum atomic E-state index is 3.58. The number of guanidine groups is 1. The van der Waals surface area contributed by atoms with Gasteiger partial charge in [0.25, 0.3) is 0 Å². The van der Waals surface area contributed by atoms with Gasteiger partial charge in [0.05, 0.1) is 24.2 Å². The molecule has 3 heterocycles. The molecule has 0 aliphatic carbocycles. The molecule has 1 saturated heterocycles. The average molecular weight is 194 g/mol. The second kappa shape index (κ2) is 2.88. The van der Waals surface area contributed by atoms with Gasteiger partial charge in [-0.3, -0.25) is 15.2 Å². The van der Waals surface area contributed by atoms with Crippen molar-refractivity contribution >= 4 is 5.96 Å². The van der Waals surface area contributed by atoms with Gasteiger partial charge in [-0.25, -0.2) is 0 Å². The Hall–Kier alpha value is -0.730. The van der Waals surface area contributed by atoms with E-state index in [4.69, 9.17) is 0 Å². The van der Waals surface area contributed by atoms with Crippen LogP contribution in [0, 0.1) is 0 Å². The van der Waals surface area contributed by atoms with E-state index in [0.717, 1.165) is 12.1 Å². The highest BCUT2D eigenvalue weighted by atomic mass is 15.3.